The van der Waals surface area contributed by atoms with Crippen molar-refractivity contribution < 1.29 is 33.2 Å². The monoisotopic (exact) mass is 757 g/mol. The van der Waals surface area contributed by atoms with Crippen LogP contribution in [-0.4, -0.2) is 0 Å². The van der Waals surface area contributed by atoms with Crippen LogP contribution in [0.4, 0.5) is 0 Å². The van der Waals surface area contributed by atoms with Gasteiger partial charge in [0.25, 0.3) is 0 Å². The minimum atomic E-state index is -0.735. The summed E-state index contributed by atoms with van der Waals surface area (Å²) in [6.07, 6.45) is -0.672. The van der Waals surface area contributed by atoms with Gasteiger partial charge in [-0.3, -0.25) is 0 Å². The van der Waals surface area contributed by atoms with Crippen LogP contribution in [0.5, 0.6) is 0 Å². The molecule has 12 rings (SSSR count). The molecule has 1 heterocycles. The fraction of sp³-hybridized carbons (Fsp3) is 0.0175. The van der Waals surface area contributed by atoms with Crippen molar-refractivity contribution in [2.24, 2.45) is 0 Å². The maximum atomic E-state index is 9.80. The molecule has 0 atom stereocenters. The fourth-order valence-corrected chi connectivity index (χ4v) is 8.08. The number of hydrogen-bond donors (Lipinski definition) is 0. The number of rotatable bonds is 5. The molecule has 1 nitrogen and oxygen atoms in total. The van der Waals surface area contributed by atoms with Crippen molar-refractivity contribution in [2.75, 3.05) is 0 Å². The molecule has 0 fully saturated rings. The third kappa shape index (κ3) is 5.17. The second kappa shape index (κ2) is 13.0. The van der Waals surface area contributed by atoms with Crippen LogP contribution in [0.1, 0.15) is 39.9 Å². The largest absolute Gasteiger partial charge is 0.456 e. The third-order valence-electron chi connectivity index (χ3n) is 10.7. The number of fused-ring (bicyclic) bond motifs is 8. The molecule has 1 heteroatoms. The topological polar surface area (TPSA) is 13.1 Å². The zero-order chi connectivity index (χ0) is 56.4. The van der Waals surface area contributed by atoms with Crippen LogP contribution in [0.15, 0.2) is 210 Å². The lowest BCUT2D eigenvalue weighted by Gasteiger charge is -2.19. The van der Waals surface area contributed by atoms with Gasteiger partial charge in [-0.1, -0.05) is 176 Å². The van der Waals surface area contributed by atoms with Gasteiger partial charge in [0.2, 0.25) is 0 Å². The maximum Gasteiger partial charge on any atom is 0.136 e. The minimum absolute atomic E-state index is 0.0722. The first-order valence-electron chi connectivity index (χ1n) is 28.9. The van der Waals surface area contributed by atoms with Gasteiger partial charge in [0.15, 0.2) is 0 Å². The highest BCUT2D eigenvalue weighted by molar-refractivity contribution is 6.20. The van der Waals surface area contributed by atoms with Gasteiger partial charge in [-0.05, 0) is 135 Å². The van der Waals surface area contributed by atoms with Crippen LogP contribution in [0.2, 0.25) is 0 Å². The highest BCUT2D eigenvalue weighted by atomic mass is 16.3. The zero-order valence-electron chi connectivity index (χ0n) is 51.1. The van der Waals surface area contributed by atoms with Crippen molar-refractivity contribution >= 4 is 75.8 Å². The Morgan fingerprint density at radius 2 is 1.05 bits per heavy atom. The van der Waals surface area contributed by atoms with E-state index in [0.717, 1.165) is 10.8 Å². The van der Waals surface area contributed by atoms with Crippen molar-refractivity contribution in [3.8, 4) is 33.4 Å². The number of hydrogen-bond acceptors (Lipinski definition) is 1. The second-order valence-corrected chi connectivity index (χ2v) is 13.9. The third-order valence-corrected chi connectivity index (χ3v) is 10.7. The summed E-state index contributed by atoms with van der Waals surface area (Å²) in [6.45, 7) is 0. The first kappa shape index (κ1) is 18.2. The molecular formula is C57H36O. The number of furan rings is 1. The molecule has 0 spiro atoms. The molecular weight excluding hydrogens is 701 g/mol. The summed E-state index contributed by atoms with van der Waals surface area (Å²) in [5.74, 6) is 0. The molecule has 0 unspecified atom stereocenters. The molecule has 58 heavy (non-hydrogen) atoms. The standard InChI is InChI=1S/C57H36O/c1-2-14-38-32-39(27-26-36(38)12-1)40-28-30-49-54-34-42(29-31-55(54)58-56(49)35-40)44-22-10-24-46-45(44)23-11-25-52(46)57-50-20-7-5-18-47(50)53(48-19-6-8-21-51(48)57)33-41-16-9-15-37-13-3-4-17-43(37)41/h1-32,34-35H,33H2/i3D,4D,5D,6D,7D,8D,9D,13D,15D,16D,17D,18D,19D,20D,21D,28D,29D,30D,31D,34D,35D. The normalized spacial score (nSPS) is 16.9. The van der Waals surface area contributed by atoms with Gasteiger partial charge in [0.1, 0.15) is 11.2 Å². The summed E-state index contributed by atoms with van der Waals surface area (Å²) in [4.78, 5) is 0. The lowest BCUT2D eigenvalue weighted by atomic mass is 9.84. The predicted octanol–water partition coefficient (Wildman–Crippen LogP) is 15.9. The molecule has 0 N–H and O–H groups in total. The Labute approximate surface area is 365 Å². The Morgan fingerprint density at radius 3 is 1.86 bits per heavy atom. The van der Waals surface area contributed by atoms with Crippen LogP contribution >= 0.6 is 0 Å². The average molecular weight is 758 g/mol. The van der Waals surface area contributed by atoms with E-state index in [1.165, 1.54) is 0 Å². The first-order chi connectivity index (χ1) is 37.5. The van der Waals surface area contributed by atoms with Crippen molar-refractivity contribution in [3.05, 3.63) is 217 Å². The highest BCUT2D eigenvalue weighted by Crippen LogP contribution is 2.45. The highest BCUT2D eigenvalue weighted by Gasteiger charge is 2.19. The minimum Gasteiger partial charge on any atom is -0.456 e. The summed E-state index contributed by atoms with van der Waals surface area (Å²) in [5, 5.41) is 0.497. The van der Waals surface area contributed by atoms with Gasteiger partial charge in [0.05, 0.1) is 28.8 Å². The second-order valence-electron chi connectivity index (χ2n) is 13.9. The molecule has 0 radical (unpaired) electrons. The van der Waals surface area contributed by atoms with E-state index in [1.807, 2.05) is 30.3 Å². The van der Waals surface area contributed by atoms with E-state index >= 15 is 0 Å². The van der Waals surface area contributed by atoms with Gasteiger partial charge in [0, 0.05) is 10.8 Å². The molecule has 1 aromatic heterocycles. The van der Waals surface area contributed by atoms with E-state index in [0.29, 0.717) is 16.3 Å². The zero-order valence-corrected chi connectivity index (χ0v) is 30.1. The molecule has 0 saturated carbocycles. The van der Waals surface area contributed by atoms with Gasteiger partial charge in [-0.25, -0.2) is 0 Å². The van der Waals surface area contributed by atoms with Crippen molar-refractivity contribution in [1.82, 2.24) is 0 Å². The van der Waals surface area contributed by atoms with E-state index in [9.17, 15) is 13.7 Å². The van der Waals surface area contributed by atoms with Gasteiger partial charge in [-0.15, -0.1) is 0 Å². The molecule has 0 aliphatic carbocycles. The fourth-order valence-electron chi connectivity index (χ4n) is 8.08. The van der Waals surface area contributed by atoms with E-state index < -0.39 is 109 Å². The van der Waals surface area contributed by atoms with Crippen molar-refractivity contribution in [3.63, 3.8) is 0 Å². The van der Waals surface area contributed by atoms with Gasteiger partial charge < -0.3 is 4.42 Å². The van der Waals surface area contributed by atoms with E-state index in [-0.39, 0.29) is 117 Å². The lowest BCUT2D eigenvalue weighted by Crippen LogP contribution is -1.96. The summed E-state index contributed by atoms with van der Waals surface area (Å²) < 4.78 is 198. The Hall–Kier alpha value is -7.48. The quantitative estimate of drug-likeness (QED) is 0.159. The molecule has 0 bridgehead atoms. The molecule has 0 aliphatic rings. The first-order valence-corrected chi connectivity index (χ1v) is 18.4. The van der Waals surface area contributed by atoms with Crippen LogP contribution in [0.3, 0.4) is 0 Å². The Balaban J connectivity index is 1.17. The smallest absolute Gasteiger partial charge is 0.136 e. The van der Waals surface area contributed by atoms with Gasteiger partial charge >= 0.3 is 0 Å². The molecule has 12 aromatic rings. The Bertz CT molecular complexity index is 4740. The van der Waals surface area contributed by atoms with Crippen LogP contribution in [-0.2, 0) is 6.42 Å². The van der Waals surface area contributed by atoms with E-state index in [4.69, 9.17) is 19.5 Å². The van der Waals surface area contributed by atoms with E-state index in [1.54, 1.807) is 48.5 Å². The SMILES string of the molecule is [2H]c1c(-c2cccc3c(-c4c5c([2H])c([2H])c([2H])c([2H])c5c(Cc5c([2H])c([2H])c([2H])c6c([2H])c([2H])c([2H])c([2H])c56)c5c([2H])c([2H])c([2H])c([2H])c45)cccc23)c([2H])c2c(oc3c([2H])c(-c4ccc5ccccc5c4)c([2H])c([2H])c32)c1[2H]. The summed E-state index contributed by atoms with van der Waals surface area (Å²) in [5.41, 5.74) is -0.0776. The molecule has 0 amide bonds. The molecule has 11 aromatic carbocycles. The predicted molar refractivity (Wildman–Crippen MR) is 247 cm³/mol. The van der Waals surface area contributed by atoms with Gasteiger partial charge in [-0.2, -0.15) is 0 Å². The molecule has 0 aliphatic heterocycles. The maximum absolute atomic E-state index is 9.80. The summed E-state index contributed by atoms with van der Waals surface area (Å²) in [6, 6.07) is 10.0. The van der Waals surface area contributed by atoms with Crippen molar-refractivity contribution in [2.45, 2.75) is 6.42 Å². The number of benzene rings is 11. The Kier molecular flexibility index (Phi) is 4.09. The molecule has 0 saturated heterocycles. The Morgan fingerprint density at radius 1 is 0.379 bits per heavy atom. The average Bonchev–Trinajstić information content (AvgIpc) is 4.11. The van der Waals surface area contributed by atoms with Crippen molar-refractivity contribution in [1.29, 1.82) is 0 Å². The van der Waals surface area contributed by atoms with Crippen LogP contribution in [0.25, 0.3) is 109 Å². The lowest BCUT2D eigenvalue weighted by molar-refractivity contribution is 0.669. The molecule has 270 valence electrons. The van der Waals surface area contributed by atoms with Crippen LogP contribution < -0.4 is 0 Å². The summed E-state index contributed by atoms with van der Waals surface area (Å²) >= 11 is 0. The summed E-state index contributed by atoms with van der Waals surface area (Å²) in [7, 11) is 0. The van der Waals surface area contributed by atoms with Crippen LogP contribution in [0, 0.1) is 0 Å². The van der Waals surface area contributed by atoms with E-state index in [2.05, 4.69) is 0 Å².